The third kappa shape index (κ3) is 5.06. The Balaban J connectivity index is 1.60. The van der Waals surface area contributed by atoms with Crippen molar-refractivity contribution in [3.8, 4) is 5.88 Å². The number of unbranched alkanes of at least 4 members (excludes halogenated alkanes) is 1. The number of rotatable bonds is 8. The molecular weight excluding hydrogens is 350 g/mol. The Labute approximate surface area is 155 Å². The molecule has 0 aliphatic heterocycles. The van der Waals surface area contributed by atoms with Crippen molar-refractivity contribution in [3.63, 3.8) is 0 Å². The summed E-state index contributed by atoms with van der Waals surface area (Å²) in [7, 11) is 0. The predicted octanol–water partition coefficient (Wildman–Crippen LogP) is 3.50. The topological polar surface area (TPSA) is 89.9 Å². The predicted molar refractivity (Wildman–Crippen MR) is 99.3 cm³/mol. The zero-order valence-electron chi connectivity index (χ0n) is 14.4. The van der Waals surface area contributed by atoms with Crippen LogP contribution in [-0.2, 0) is 13.0 Å². The van der Waals surface area contributed by atoms with Crippen molar-refractivity contribution in [1.82, 2.24) is 20.2 Å². The maximum atomic E-state index is 12.3. The molecule has 0 atom stereocenters. The SMILES string of the molecule is CCCCc1nnc(NC(=O)c2cc(OCc3ccccc3)ncn2)s1. The Kier molecular flexibility index (Phi) is 6.21. The summed E-state index contributed by atoms with van der Waals surface area (Å²) in [6, 6.07) is 11.2. The smallest absolute Gasteiger partial charge is 0.276 e. The van der Waals surface area contributed by atoms with Crippen LogP contribution in [0.1, 0.15) is 40.8 Å². The maximum Gasteiger partial charge on any atom is 0.276 e. The lowest BCUT2D eigenvalue weighted by atomic mass is 10.2. The van der Waals surface area contributed by atoms with Crippen LogP contribution < -0.4 is 10.1 Å². The molecule has 1 amide bonds. The van der Waals surface area contributed by atoms with Gasteiger partial charge in [0, 0.05) is 12.5 Å². The van der Waals surface area contributed by atoms with Crippen molar-refractivity contribution >= 4 is 22.4 Å². The molecule has 1 aromatic carbocycles. The molecule has 7 nitrogen and oxygen atoms in total. The Hall–Kier alpha value is -2.87. The molecule has 2 heterocycles. The average Bonchev–Trinajstić information content (AvgIpc) is 3.13. The number of anilines is 1. The minimum Gasteiger partial charge on any atom is -0.473 e. The summed E-state index contributed by atoms with van der Waals surface area (Å²) in [5.41, 5.74) is 1.24. The number of benzene rings is 1. The first-order chi connectivity index (χ1) is 12.7. The van der Waals surface area contributed by atoms with Crippen LogP contribution in [-0.4, -0.2) is 26.1 Å². The van der Waals surface area contributed by atoms with Crippen molar-refractivity contribution < 1.29 is 9.53 Å². The van der Waals surface area contributed by atoms with E-state index < -0.39 is 0 Å². The molecule has 0 spiro atoms. The number of aryl methyl sites for hydroxylation is 1. The average molecular weight is 369 g/mol. The molecule has 0 radical (unpaired) electrons. The van der Waals surface area contributed by atoms with Gasteiger partial charge in [-0.1, -0.05) is 55.0 Å². The molecule has 0 saturated carbocycles. The number of hydrogen-bond acceptors (Lipinski definition) is 7. The summed E-state index contributed by atoms with van der Waals surface area (Å²) in [5, 5.41) is 12.2. The second kappa shape index (κ2) is 9.00. The zero-order chi connectivity index (χ0) is 18.2. The minimum absolute atomic E-state index is 0.216. The molecule has 2 aromatic heterocycles. The molecule has 3 aromatic rings. The van der Waals surface area contributed by atoms with E-state index in [9.17, 15) is 4.79 Å². The summed E-state index contributed by atoms with van der Waals surface area (Å²) in [6.45, 7) is 2.49. The zero-order valence-corrected chi connectivity index (χ0v) is 15.2. The van der Waals surface area contributed by atoms with E-state index in [-0.39, 0.29) is 11.6 Å². The monoisotopic (exact) mass is 369 g/mol. The molecule has 0 aliphatic carbocycles. The van der Waals surface area contributed by atoms with E-state index in [1.54, 1.807) is 0 Å². The molecule has 0 fully saturated rings. The van der Waals surface area contributed by atoms with Crippen molar-refractivity contribution in [3.05, 3.63) is 59.0 Å². The van der Waals surface area contributed by atoms with E-state index >= 15 is 0 Å². The van der Waals surface area contributed by atoms with E-state index in [2.05, 4.69) is 32.4 Å². The summed E-state index contributed by atoms with van der Waals surface area (Å²) < 4.78 is 5.63. The van der Waals surface area contributed by atoms with Gasteiger partial charge in [-0.25, -0.2) is 9.97 Å². The van der Waals surface area contributed by atoms with Gasteiger partial charge in [-0.05, 0) is 12.0 Å². The maximum absolute atomic E-state index is 12.3. The van der Waals surface area contributed by atoms with Gasteiger partial charge < -0.3 is 4.74 Å². The molecule has 0 bridgehead atoms. The van der Waals surface area contributed by atoms with Gasteiger partial charge in [0.25, 0.3) is 5.91 Å². The highest BCUT2D eigenvalue weighted by Crippen LogP contribution is 2.18. The van der Waals surface area contributed by atoms with Crippen molar-refractivity contribution in [1.29, 1.82) is 0 Å². The van der Waals surface area contributed by atoms with Gasteiger partial charge in [-0.2, -0.15) is 0 Å². The van der Waals surface area contributed by atoms with E-state index in [4.69, 9.17) is 4.74 Å². The quantitative estimate of drug-likeness (QED) is 0.653. The van der Waals surface area contributed by atoms with E-state index in [0.717, 1.165) is 29.8 Å². The number of nitrogens with one attached hydrogen (secondary N) is 1. The van der Waals surface area contributed by atoms with Crippen LogP contribution in [0, 0.1) is 0 Å². The van der Waals surface area contributed by atoms with Crippen LogP contribution in [0.5, 0.6) is 5.88 Å². The van der Waals surface area contributed by atoms with Crippen molar-refractivity contribution in [2.24, 2.45) is 0 Å². The largest absolute Gasteiger partial charge is 0.473 e. The molecule has 8 heteroatoms. The third-order valence-electron chi connectivity index (χ3n) is 3.54. The Morgan fingerprint density at radius 2 is 2.04 bits per heavy atom. The number of aromatic nitrogens is 4. The van der Waals surface area contributed by atoms with Gasteiger partial charge in [-0.15, -0.1) is 10.2 Å². The van der Waals surface area contributed by atoms with Crippen LogP contribution in [0.2, 0.25) is 0 Å². The lowest BCUT2D eigenvalue weighted by Crippen LogP contribution is -2.14. The number of carbonyl (C=O) groups is 1. The standard InChI is InChI=1S/C18H19N5O2S/c1-2-3-9-16-22-23-18(26-16)21-17(24)14-10-15(20-12-19-14)25-11-13-7-5-4-6-8-13/h4-8,10,12H,2-3,9,11H2,1H3,(H,21,23,24). The second-order valence-corrected chi connectivity index (χ2v) is 6.64. The fraction of sp³-hybridized carbons (Fsp3) is 0.278. The van der Waals surface area contributed by atoms with E-state index in [1.165, 1.54) is 23.7 Å². The lowest BCUT2D eigenvalue weighted by Gasteiger charge is -2.06. The normalized spacial score (nSPS) is 10.5. The molecular formula is C18H19N5O2S. The van der Waals surface area contributed by atoms with E-state index in [1.807, 2.05) is 30.3 Å². The number of ether oxygens (including phenoxy) is 1. The third-order valence-corrected chi connectivity index (χ3v) is 4.43. The minimum atomic E-state index is -0.366. The number of nitrogens with zero attached hydrogens (tertiary/aromatic N) is 4. The fourth-order valence-electron chi connectivity index (χ4n) is 2.17. The lowest BCUT2D eigenvalue weighted by molar-refractivity contribution is 0.102. The summed E-state index contributed by atoms with van der Waals surface area (Å²) >= 11 is 1.38. The number of hydrogen-bond donors (Lipinski definition) is 1. The van der Waals surface area contributed by atoms with Crippen LogP contribution in [0.3, 0.4) is 0 Å². The summed E-state index contributed by atoms with van der Waals surface area (Å²) in [5.74, 6) is -0.0231. The van der Waals surface area contributed by atoms with Gasteiger partial charge in [0.1, 0.15) is 23.6 Å². The van der Waals surface area contributed by atoms with Crippen molar-refractivity contribution in [2.45, 2.75) is 32.8 Å². The highest BCUT2D eigenvalue weighted by Gasteiger charge is 2.13. The molecule has 0 unspecified atom stereocenters. The van der Waals surface area contributed by atoms with Gasteiger partial charge in [0.2, 0.25) is 11.0 Å². The van der Waals surface area contributed by atoms with Gasteiger partial charge in [0.15, 0.2) is 0 Å². The van der Waals surface area contributed by atoms with Gasteiger partial charge >= 0.3 is 0 Å². The molecule has 134 valence electrons. The van der Waals surface area contributed by atoms with Crippen LogP contribution in [0.4, 0.5) is 5.13 Å². The van der Waals surface area contributed by atoms with Gasteiger partial charge in [0.05, 0.1) is 0 Å². The summed E-state index contributed by atoms with van der Waals surface area (Å²) in [6.07, 6.45) is 4.32. The Morgan fingerprint density at radius 1 is 1.19 bits per heavy atom. The van der Waals surface area contributed by atoms with E-state index in [0.29, 0.717) is 17.6 Å². The molecule has 1 N–H and O–H groups in total. The Morgan fingerprint density at radius 3 is 2.85 bits per heavy atom. The highest BCUT2D eigenvalue weighted by atomic mass is 32.1. The van der Waals surface area contributed by atoms with Gasteiger partial charge in [-0.3, -0.25) is 10.1 Å². The molecule has 0 aliphatic rings. The fourth-order valence-corrected chi connectivity index (χ4v) is 2.95. The first-order valence-corrected chi connectivity index (χ1v) is 9.18. The molecule has 0 saturated heterocycles. The molecule has 26 heavy (non-hydrogen) atoms. The van der Waals surface area contributed by atoms with Crippen LogP contribution >= 0.6 is 11.3 Å². The Bertz CT molecular complexity index is 854. The molecule has 3 rings (SSSR count). The number of carbonyl (C=O) groups excluding carboxylic acids is 1. The highest BCUT2D eigenvalue weighted by molar-refractivity contribution is 7.15. The van der Waals surface area contributed by atoms with Crippen LogP contribution in [0.25, 0.3) is 0 Å². The number of amides is 1. The first-order valence-electron chi connectivity index (χ1n) is 8.37. The van der Waals surface area contributed by atoms with Crippen molar-refractivity contribution in [2.75, 3.05) is 5.32 Å². The van der Waals surface area contributed by atoms with Crippen LogP contribution in [0.15, 0.2) is 42.7 Å². The second-order valence-electron chi connectivity index (χ2n) is 5.57. The first kappa shape index (κ1) is 17.9. The summed E-state index contributed by atoms with van der Waals surface area (Å²) in [4.78, 5) is 20.4.